The van der Waals surface area contributed by atoms with Crippen LogP contribution in [0.3, 0.4) is 0 Å². The maximum Gasteiger partial charge on any atom is 0.227 e. The Kier molecular flexibility index (Phi) is 5.35. The summed E-state index contributed by atoms with van der Waals surface area (Å²) in [7, 11) is 0. The number of aromatic nitrogens is 3. The monoisotopic (exact) mass is 463 g/mol. The molecule has 1 aliphatic heterocycles. The third-order valence-electron chi connectivity index (χ3n) is 6.41. The molecule has 1 saturated heterocycles. The number of rotatable bonds is 3. The SMILES string of the molecule is Cc1sc2ncnc(N3CCC(C(=O)Nc4ccc5oc(C(C)(C)C)nc5c4)CC3)c2c1C. The second-order valence-corrected chi connectivity index (χ2v) is 11.1. The van der Waals surface area contributed by atoms with Crippen molar-refractivity contribution in [2.24, 2.45) is 5.92 Å². The molecule has 1 N–H and O–H groups in total. The fourth-order valence-corrected chi connectivity index (χ4v) is 5.32. The number of aryl methyl sites for hydroxylation is 2. The van der Waals surface area contributed by atoms with E-state index in [0.717, 1.165) is 58.8 Å². The van der Waals surface area contributed by atoms with Crippen LogP contribution < -0.4 is 10.2 Å². The third kappa shape index (κ3) is 4.08. The molecule has 172 valence electrons. The van der Waals surface area contributed by atoms with E-state index in [-0.39, 0.29) is 17.2 Å². The number of nitrogens with one attached hydrogen (secondary N) is 1. The molecule has 8 heteroatoms. The molecule has 7 nitrogen and oxygen atoms in total. The number of hydrogen-bond acceptors (Lipinski definition) is 7. The molecule has 1 amide bonds. The summed E-state index contributed by atoms with van der Waals surface area (Å²) in [5.41, 5.74) is 3.35. The van der Waals surface area contributed by atoms with Gasteiger partial charge in [0.15, 0.2) is 5.58 Å². The summed E-state index contributed by atoms with van der Waals surface area (Å²) < 4.78 is 5.86. The molecule has 3 aromatic heterocycles. The lowest BCUT2D eigenvalue weighted by atomic mass is 9.95. The predicted molar refractivity (Wildman–Crippen MR) is 133 cm³/mol. The van der Waals surface area contributed by atoms with Gasteiger partial charge in [-0.15, -0.1) is 11.3 Å². The lowest BCUT2D eigenvalue weighted by molar-refractivity contribution is -0.120. The zero-order valence-electron chi connectivity index (χ0n) is 19.7. The van der Waals surface area contributed by atoms with Gasteiger partial charge in [-0.25, -0.2) is 15.0 Å². The number of hydrogen-bond donors (Lipinski definition) is 1. The van der Waals surface area contributed by atoms with Crippen LogP contribution >= 0.6 is 11.3 Å². The first-order chi connectivity index (χ1) is 15.7. The Morgan fingerprint density at radius 1 is 1.18 bits per heavy atom. The van der Waals surface area contributed by atoms with E-state index in [4.69, 9.17) is 4.42 Å². The van der Waals surface area contributed by atoms with Crippen LogP contribution in [0, 0.1) is 19.8 Å². The van der Waals surface area contributed by atoms with E-state index in [9.17, 15) is 4.79 Å². The van der Waals surface area contributed by atoms with Gasteiger partial charge in [0.05, 0.1) is 5.39 Å². The summed E-state index contributed by atoms with van der Waals surface area (Å²) in [5, 5.41) is 4.24. The molecule has 4 aromatic rings. The van der Waals surface area contributed by atoms with Crippen LogP contribution in [-0.2, 0) is 10.2 Å². The number of amides is 1. The zero-order chi connectivity index (χ0) is 23.3. The largest absolute Gasteiger partial charge is 0.440 e. The van der Waals surface area contributed by atoms with E-state index in [0.29, 0.717) is 5.89 Å². The lowest BCUT2D eigenvalue weighted by Crippen LogP contribution is -2.38. The molecule has 1 aromatic carbocycles. The smallest absolute Gasteiger partial charge is 0.227 e. The number of benzene rings is 1. The molecule has 0 unspecified atom stereocenters. The number of anilines is 2. The topological polar surface area (TPSA) is 84.2 Å². The summed E-state index contributed by atoms with van der Waals surface area (Å²) in [6.07, 6.45) is 3.23. The van der Waals surface area contributed by atoms with Crippen LogP contribution in [-0.4, -0.2) is 33.9 Å². The van der Waals surface area contributed by atoms with Gasteiger partial charge in [0, 0.05) is 35.0 Å². The highest BCUT2D eigenvalue weighted by Crippen LogP contribution is 2.36. The summed E-state index contributed by atoms with van der Waals surface area (Å²) in [4.78, 5) is 31.2. The Hall–Kier alpha value is -3.00. The highest BCUT2D eigenvalue weighted by Gasteiger charge is 2.28. The Bertz CT molecular complexity index is 1340. The van der Waals surface area contributed by atoms with Gasteiger partial charge in [0.25, 0.3) is 0 Å². The summed E-state index contributed by atoms with van der Waals surface area (Å²) in [6, 6.07) is 5.65. The van der Waals surface area contributed by atoms with Crippen molar-refractivity contribution in [3.05, 3.63) is 40.9 Å². The molecule has 5 rings (SSSR count). The van der Waals surface area contributed by atoms with E-state index in [1.54, 1.807) is 17.7 Å². The Labute approximate surface area is 197 Å². The Morgan fingerprint density at radius 2 is 1.94 bits per heavy atom. The van der Waals surface area contributed by atoms with Crippen LogP contribution in [0.5, 0.6) is 0 Å². The van der Waals surface area contributed by atoms with Crippen LogP contribution in [0.1, 0.15) is 49.9 Å². The molecule has 0 bridgehead atoms. The van der Waals surface area contributed by atoms with E-state index < -0.39 is 0 Å². The quantitative estimate of drug-likeness (QED) is 0.426. The third-order valence-corrected chi connectivity index (χ3v) is 7.52. The number of carbonyl (C=O) groups is 1. The maximum atomic E-state index is 13.0. The summed E-state index contributed by atoms with van der Waals surface area (Å²) in [6.45, 7) is 12.1. The number of fused-ring (bicyclic) bond motifs is 2. The second kappa shape index (κ2) is 8.09. The van der Waals surface area contributed by atoms with E-state index in [2.05, 4.69) is 59.8 Å². The van der Waals surface area contributed by atoms with E-state index in [1.807, 2.05) is 18.2 Å². The molecule has 0 aliphatic carbocycles. The van der Waals surface area contributed by atoms with Gasteiger partial charge < -0.3 is 14.6 Å². The van der Waals surface area contributed by atoms with Crippen molar-refractivity contribution in [2.75, 3.05) is 23.3 Å². The lowest BCUT2D eigenvalue weighted by Gasteiger charge is -2.32. The van der Waals surface area contributed by atoms with Crippen molar-refractivity contribution in [2.45, 2.75) is 52.9 Å². The molecule has 1 fully saturated rings. The maximum absolute atomic E-state index is 13.0. The average molecular weight is 464 g/mol. The van der Waals surface area contributed by atoms with Gasteiger partial charge in [0.1, 0.15) is 22.5 Å². The van der Waals surface area contributed by atoms with Gasteiger partial charge in [-0.1, -0.05) is 20.8 Å². The number of oxazole rings is 1. The first-order valence-electron chi connectivity index (χ1n) is 11.4. The first-order valence-corrected chi connectivity index (χ1v) is 12.2. The van der Waals surface area contributed by atoms with E-state index in [1.165, 1.54) is 10.4 Å². The fourth-order valence-electron chi connectivity index (χ4n) is 4.33. The summed E-state index contributed by atoms with van der Waals surface area (Å²) >= 11 is 1.71. The van der Waals surface area contributed by atoms with Gasteiger partial charge >= 0.3 is 0 Å². The minimum atomic E-state index is -0.161. The van der Waals surface area contributed by atoms with Gasteiger partial charge in [0.2, 0.25) is 11.8 Å². The minimum absolute atomic E-state index is 0.0259. The van der Waals surface area contributed by atoms with E-state index >= 15 is 0 Å². The predicted octanol–water partition coefficient (Wildman–Crippen LogP) is 5.60. The van der Waals surface area contributed by atoms with Gasteiger partial charge in [-0.2, -0.15) is 0 Å². The number of piperidine rings is 1. The molecular weight excluding hydrogens is 434 g/mol. The minimum Gasteiger partial charge on any atom is -0.440 e. The molecule has 0 atom stereocenters. The molecule has 1 aliphatic rings. The van der Waals surface area contributed by atoms with Crippen LogP contribution in [0.4, 0.5) is 11.5 Å². The molecule has 33 heavy (non-hydrogen) atoms. The van der Waals surface area contributed by atoms with Crippen molar-refractivity contribution in [1.29, 1.82) is 0 Å². The normalized spacial score (nSPS) is 15.5. The van der Waals surface area contributed by atoms with Crippen LogP contribution in [0.15, 0.2) is 28.9 Å². The molecular formula is C25H29N5O2S. The molecule has 0 radical (unpaired) electrons. The Balaban J connectivity index is 1.27. The number of thiophene rings is 1. The molecule has 4 heterocycles. The molecule has 0 saturated carbocycles. The van der Waals surface area contributed by atoms with Gasteiger partial charge in [-0.3, -0.25) is 4.79 Å². The standard InChI is InChI=1S/C25H29N5O2S/c1-14-15(2)33-23-20(14)21(26-13-27-23)30-10-8-16(9-11-30)22(31)28-17-6-7-19-18(12-17)29-24(32-19)25(3,4)5/h6-7,12-13,16H,8-11H2,1-5H3,(H,28,31). The van der Waals surface area contributed by atoms with Crippen molar-refractivity contribution in [3.8, 4) is 0 Å². The number of carbonyl (C=O) groups excluding carboxylic acids is 1. The zero-order valence-corrected chi connectivity index (χ0v) is 20.5. The van der Waals surface area contributed by atoms with Gasteiger partial charge in [-0.05, 0) is 50.5 Å². The van der Waals surface area contributed by atoms with Crippen molar-refractivity contribution < 1.29 is 9.21 Å². The van der Waals surface area contributed by atoms with Crippen molar-refractivity contribution in [3.63, 3.8) is 0 Å². The second-order valence-electron chi connectivity index (χ2n) is 9.86. The summed E-state index contributed by atoms with van der Waals surface area (Å²) in [5.74, 6) is 1.72. The fraction of sp³-hybridized carbons (Fsp3) is 0.440. The van der Waals surface area contributed by atoms with Crippen LogP contribution in [0.25, 0.3) is 21.3 Å². The first kappa shape index (κ1) is 21.8. The highest BCUT2D eigenvalue weighted by atomic mass is 32.1. The van der Waals surface area contributed by atoms with Crippen LogP contribution in [0.2, 0.25) is 0 Å². The highest BCUT2D eigenvalue weighted by molar-refractivity contribution is 7.18. The van der Waals surface area contributed by atoms with Crippen molar-refractivity contribution in [1.82, 2.24) is 15.0 Å². The Morgan fingerprint density at radius 3 is 2.67 bits per heavy atom. The molecule has 0 spiro atoms. The average Bonchev–Trinajstić information content (AvgIpc) is 3.34. The number of nitrogens with zero attached hydrogens (tertiary/aromatic N) is 4. The van der Waals surface area contributed by atoms with Crippen molar-refractivity contribution >= 4 is 50.1 Å².